The number of aromatic nitrogens is 1. The number of carbonyl (C=O) groups excluding carboxylic acids is 1. The summed E-state index contributed by atoms with van der Waals surface area (Å²) in [6.45, 7) is 0.225. The summed E-state index contributed by atoms with van der Waals surface area (Å²) in [5, 5.41) is 14.9. The highest BCUT2D eigenvalue weighted by atomic mass is 35.5. The van der Waals surface area contributed by atoms with Crippen LogP contribution >= 0.6 is 11.6 Å². The number of hydrazone groups is 1. The predicted octanol–water partition coefficient (Wildman–Crippen LogP) is 5.83. The number of halogens is 4. The molecular formula is C24H17ClF3N3O2. The van der Waals surface area contributed by atoms with Crippen LogP contribution in [0.5, 0.6) is 5.75 Å². The third kappa shape index (κ3) is 5.01. The first-order chi connectivity index (χ1) is 15.7. The maximum Gasteiger partial charge on any atom is 0.416 e. The second kappa shape index (κ2) is 8.99. The van der Waals surface area contributed by atoms with Crippen LogP contribution < -0.4 is 5.43 Å². The largest absolute Gasteiger partial charge is 0.507 e. The SMILES string of the molecule is O=C(N/N=C/c1cn(Cc2cccc(C(F)(F)F)c2)c2ccccc12)c1ccc(Cl)cc1O. The molecule has 1 heterocycles. The minimum absolute atomic E-state index is 0.0172. The van der Waals surface area contributed by atoms with Gasteiger partial charge in [-0.3, -0.25) is 4.79 Å². The molecule has 1 amide bonds. The van der Waals surface area contributed by atoms with Gasteiger partial charge >= 0.3 is 6.18 Å². The summed E-state index contributed by atoms with van der Waals surface area (Å²) in [5.74, 6) is -0.888. The molecule has 0 atom stereocenters. The molecule has 0 bridgehead atoms. The van der Waals surface area contributed by atoms with Gasteiger partial charge in [0.15, 0.2) is 0 Å². The van der Waals surface area contributed by atoms with Gasteiger partial charge in [-0.2, -0.15) is 18.3 Å². The summed E-state index contributed by atoms with van der Waals surface area (Å²) in [6.07, 6.45) is -1.22. The second-order valence-corrected chi connectivity index (χ2v) is 7.72. The Kier molecular flexibility index (Phi) is 6.11. The number of para-hydroxylation sites is 1. The summed E-state index contributed by atoms with van der Waals surface area (Å²) in [7, 11) is 0. The fourth-order valence-corrected chi connectivity index (χ4v) is 3.64. The number of alkyl halides is 3. The van der Waals surface area contributed by atoms with E-state index in [1.165, 1.54) is 30.5 Å². The number of carbonyl (C=O) groups is 1. The molecular weight excluding hydrogens is 455 g/mol. The first-order valence-corrected chi connectivity index (χ1v) is 10.2. The molecule has 2 N–H and O–H groups in total. The van der Waals surface area contributed by atoms with E-state index in [9.17, 15) is 23.1 Å². The molecule has 0 fully saturated rings. The summed E-state index contributed by atoms with van der Waals surface area (Å²) in [4.78, 5) is 12.3. The first kappa shape index (κ1) is 22.4. The summed E-state index contributed by atoms with van der Waals surface area (Å²) < 4.78 is 41.0. The van der Waals surface area contributed by atoms with Crippen molar-refractivity contribution < 1.29 is 23.1 Å². The Bertz CT molecular complexity index is 1360. The number of benzene rings is 3. The van der Waals surface area contributed by atoms with Crippen molar-refractivity contribution in [2.45, 2.75) is 12.7 Å². The molecule has 33 heavy (non-hydrogen) atoms. The number of fused-ring (bicyclic) bond motifs is 1. The number of aromatic hydroxyl groups is 1. The molecule has 5 nitrogen and oxygen atoms in total. The monoisotopic (exact) mass is 471 g/mol. The minimum Gasteiger partial charge on any atom is -0.507 e. The maximum absolute atomic E-state index is 13.1. The molecule has 0 aliphatic carbocycles. The molecule has 0 saturated carbocycles. The lowest BCUT2D eigenvalue weighted by molar-refractivity contribution is -0.137. The Labute approximate surface area is 191 Å². The van der Waals surface area contributed by atoms with Crippen molar-refractivity contribution in [2.75, 3.05) is 0 Å². The van der Waals surface area contributed by atoms with E-state index in [4.69, 9.17) is 11.6 Å². The summed E-state index contributed by atoms with van der Waals surface area (Å²) >= 11 is 5.77. The highest BCUT2D eigenvalue weighted by Gasteiger charge is 2.30. The number of nitrogens with zero attached hydrogens (tertiary/aromatic N) is 2. The molecule has 0 aliphatic rings. The lowest BCUT2D eigenvalue weighted by Gasteiger charge is -2.10. The molecule has 9 heteroatoms. The van der Waals surface area contributed by atoms with Crippen molar-refractivity contribution in [3.8, 4) is 5.75 Å². The predicted molar refractivity (Wildman–Crippen MR) is 121 cm³/mol. The van der Waals surface area contributed by atoms with Crippen molar-refractivity contribution in [3.63, 3.8) is 0 Å². The van der Waals surface area contributed by atoms with Crippen LogP contribution in [0, 0.1) is 0 Å². The van der Waals surface area contributed by atoms with Gasteiger partial charge in [0.05, 0.1) is 17.3 Å². The van der Waals surface area contributed by atoms with E-state index in [-0.39, 0.29) is 17.9 Å². The van der Waals surface area contributed by atoms with E-state index in [2.05, 4.69) is 10.5 Å². The van der Waals surface area contributed by atoms with Gasteiger partial charge in [-0.15, -0.1) is 0 Å². The van der Waals surface area contributed by atoms with Gasteiger partial charge in [0.2, 0.25) is 0 Å². The van der Waals surface area contributed by atoms with Crippen molar-refractivity contribution >= 4 is 34.6 Å². The van der Waals surface area contributed by atoms with E-state index in [0.717, 1.165) is 23.0 Å². The maximum atomic E-state index is 13.1. The average Bonchev–Trinajstić information content (AvgIpc) is 3.11. The number of amides is 1. The van der Waals surface area contributed by atoms with Gasteiger partial charge in [-0.25, -0.2) is 5.43 Å². The first-order valence-electron chi connectivity index (χ1n) is 9.78. The zero-order chi connectivity index (χ0) is 23.6. The minimum atomic E-state index is -4.41. The van der Waals surface area contributed by atoms with Crippen LogP contribution in [0.3, 0.4) is 0 Å². The number of phenols is 1. The zero-order valence-corrected chi connectivity index (χ0v) is 17.7. The van der Waals surface area contributed by atoms with Gasteiger partial charge < -0.3 is 9.67 Å². The standard InChI is InChI=1S/C24H17ClF3N3O2/c25-18-8-9-20(22(32)11-18)23(33)30-29-12-16-14-31(21-7-2-1-6-19(16)21)13-15-4-3-5-17(10-15)24(26,27)28/h1-12,14,32H,13H2,(H,30,33)/b29-12+. The van der Waals surface area contributed by atoms with Crippen LogP contribution in [-0.2, 0) is 12.7 Å². The molecule has 168 valence electrons. The molecule has 4 rings (SSSR count). The fraction of sp³-hybridized carbons (Fsp3) is 0.0833. The van der Waals surface area contributed by atoms with Crippen LogP contribution in [0.25, 0.3) is 10.9 Å². The fourth-order valence-electron chi connectivity index (χ4n) is 3.47. The van der Waals surface area contributed by atoms with Gasteiger partial charge in [-0.05, 0) is 42.0 Å². The van der Waals surface area contributed by atoms with E-state index in [1.54, 1.807) is 12.3 Å². The number of nitrogens with one attached hydrogen (secondary N) is 1. The third-order valence-electron chi connectivity index (χ3n) is 5.00. The number of hydrogen-bond donors (Lipinski definition) is 2. The normalized spacial score (nSPS) is 11.9. The summed E-state index contributed by atoms with van der Waals surface area (Å²) in [6, 6.07) is 16.7. The zero-order valence-electron chi connectivity index (χ0n) is 17.0. The van der Waals surface area contributed by atoms with Gasteiger partial charge in [0, 0.05) is 34.2 Å². The second-order valence-electron chi connectivity index (χ2n) is 7.29. The number of rotatable bonds is 5. The lowest BCUT2D eigenvalue weighted by Crippen LogP contribution is -2.17. The Balaban J connectivity index is 1.58. The van der Waals surface area contributed by atoms with Crippen LogP contribution in [0.1, 0.15) is 27.0 Å². The summed E-state index contributed by atoms with van der Waals surface area (Å²) in [5.41, 5.74) is 3.63. The van der Waals surface area contributed by atoms with Crippen LogP contribution in [0.4, 0.5) is 13.2 Å². The Hall–Kier alpha value is -3.78. The molecule has 0 saturated heterocycles. The van der Waals surface area contributed by atoms with E-state index in [0.29, 0.717) is 16.1 Å². The number of hydrogen-bond acceptors (Lipinski definition) is 3. The van der Waals surface area contributed by atoms with E-state index >= 15 is 0 Å². The van der Waals surface area contributed by atoms with E-state index < -0.39 is 17.6 Å². The highest BCUT2D eigenvalue weighted by Crippen LogP contribution is 2.30. The molecule has 3 aromatic carbocycles. The Morgan fingerprint density at radius 3 is 2.64 bits per heavy atom. The average molecular weight is 472 g/mol. The van der Waals surface area contributed by atoms with Crippen molar-refractivity contribution in [2.24, 2.45) is 5.10 Å². The molecule has 0 radical (unpaired) electrons. The third-order valence-corrected chi connectivity index (χ3v) is 5.24. The Morgan fingerprint density at radius 2 is 1.88 bits per heavy atom. The molecule has 0 spiro atoms. The van der Waals surface area contributed by atoms with Crippen LogP contribution in [0.15, 0.2) is 78.0 Å². The number of phenolic OH excluding ortho intramolecular Hbond substituents is 1. The van der Waals surface area contributed by atoms with Crippen LogP contribution in [0.2, 0.25) is 5.02 Å². The van der Waals surface area contributed by atoms with Crippen LogP contribution in [-0.4, -0.2) is 21.8 Å². The van der Waals surface area contributed by atoms with Crippen molar-refractivity contribution in [1.29, 1.82) is 0 Å². The smallest absolute Gasteiger partial charge is 0.416 e. The molecule has 4 aromatic rings. The molecule has 0 aliphatic heterocycles. The highest BCUT2D eigenvalue weighted by molar-refractivity contribution is 6.30. The lowest BCUT2D eigenvalue weighted by atomic mass is 10.1. The van der Waals surface area contributed by atoms with E-state index in [1.807, 2.05) is 28.8 Å². The molecule has 0 unspecified atom stereocenters. The topological polar surface area (TPSA) is 66.6 Å². The van der Waals surface area contributed by atoms with Crippen molar-refractivity contribution in [1.82, 2.24) is 9.99 Å². The van der Waals surface area contributed by atoms with Gasteiger partial charge in [0.25, 0.3) is 5.91 Å². The Morgan fingerprint density at radius 1 is 1.09 bits per heavy atom. The van der Waals surface area contributed by atoms with Crippen molar-refractivity contribution in [3.05, 3.63) is 100 Å². The van der Waals surface area contributed by atoms with Gasteiger partial charge in [-0.1, -0.05) is 41.9 Å². The van der Waals surface area contributed by atoms with Gasteiger partial charge in [0.1, 0.15) is 5.75 Å². The molecule has 1 aromatic heterocycles. The quantitative estimate of drug-likeness (QED) is 0.284.